The molecular formula is C14H15F. The summed E-state index contributed by atoms with van der Waals surface area (Å²) >= 11 is 0. The fourth-order valence-corrected chi connectivity index (χ4v) is 1.91. The number of benzene rings is 2. The van der Waals surface area contributed by atoms with Crippen molar-refractivity contribution < 1.29 is 4.39 Å². The first-order valence-electron chi connectivity index (χ1n) is 5.17. The molecule has 0 spiro atoms. The second-order valence-electron chi connectivity index (χ2n) is 4.92. The van der Waals surface area contributed by atoms with Crippen molar-refractivity contribution >= 4 is 10.8 Å². The Bertz CT molecular complexity index is 492. The zero-order chi connectivity index (χ0) is 11.1. The van der Waals surface area contributed by atoms with Crippen molar-refractivity contribution in [2.24, 2.45) is 0 Å². The third kappa shape index (κ3) is 1.87. The molecule has 0 aliphatic rings. The van der Waals surface area contributed by atoms with E-state index in [1.54, 1.807) is 6.07 Å². The lowest BCUT2D eigenvalue weighted by molar-refractivity contribution is 0.595. The summed E-state index contributed by atoms with van der Waals surface area (Å²) in [7, 11) is 0. The molecule has 0 aliphatic heterocycles. The van der Waals surface area contributed by atoms with Crippen LogP contribution >= 0.6 is 0 Å². The Hall–Kier alpha value is -1.37. The van der Waals surface area contributed by atoms with E-state index < -0.39 is 0 Å². The van der Waals surface area contributed by atoms with Gasteiger partial charge in [0.25, 0.3) is 0 Å². The van der Waals surface area contributed by atoms with Gasteiger partial charge in [-0.2, -0.15) is 0 Å². The maximum atomic E-state index is 13.1. The van der Waals surface area contributed by atoms with E-state index in [2.05, 4.69) is 26.8 Å². The Balaban J connectivity index is 2.77. The highest BCUT2D eigenvalue weighted by Crippen LogP contribution is 2.29. The molecule has 0 aliphatic carbocycles. The lowest BCUT2D eigenvalue weighted by Gasteiger charge is -2.21. The van der Waals surface area contributed by atoms with Crippen molar-refractivity contribution in [3.8, 4) is 0 Å². The van der Waals surface area contributed by atoms with Crippen molar-refractivity contribution in [3.63, 3.8) is 0 Å². The molecule has 0 saturated carbocycles. The molecule has 0 heterocycles. The third-order valence-electron chi connectivity index (χ3n) is 2.65. The van der Waals surface area contributed by atoms with Gasteiger partial charge in [0.05, 0.1) is 0 Å². The zero-order valence-corrected chi connectivity index (χ0v) is 9.34. The fourth-order valence-electron chi connectivity index (χ4n) is 1.91. The summed E-state index contributed by atoms with van der Waals surface area (Å²) in [5, 5.41) is 2.12. The van der Waals surface area contributed by atoms with Crippen molar-refractivity contribution in [1.82, 2.24) is 0 Å². The number of hydrogen-bond donors (Lipinski definition) is 0. The van der Waals surface area contributed by atoms with Crippen molar-refractivity contribution in [2.75, 3.05) is 0 Å². The van der Waals surface area contributed by atoms with Gasteiger partial charge in [-0.05, 0) is 33.9 Å². The van der Waals surface area contributed by atoms with Crippen molar-refractivity contribution in [2.45, 2.75) is 26.2 Å². The van der Waals surface area contributed by atoms with Crippen LogP contribution in [0, 0.1) is 5.82 Å². The Labute approximate surface area is 89.7 Å². The summed E-state index contributed by atoms with van der Waals surface area (Å²) in [4.78, 5) is 0. The van der Waals surface area contributed by atoms with Crippen LogP contribution in [0.4, 0.5) is 4.39 Å². The van der Waals surface area contributed by atoms with E-state index in [4.69, 9.17) is 0 Å². The van der Waals surface area contributed by atoms with Crippen LogP contribution in [0.1, 0.15) is 26.3 Å². The van der Waals surface area contributed by atoms with Gasteiger partial charge in [-0.25, -0.2) is 4.39 Å². The first kappa shape index (κ1) is 10.2. The minimum atomic E-state index is -0.173. The van der Waals surface area contributed by atoms with Crippen molar-refractivity contribution in [1.29, 1.82) is 0 Å². The molecule has 15 heavy (non-hydrogen) atoms. The highest BCUT2D eigenvalue weighted by Gasteiger charge is 2.16. The molecule has 1 heteroatoms. The van der Waals surface area contributed by atoms with E-state index in [9.17, 15) is 4.39 Å². The number of hydrogen-bond acceptors (Lipinski definition) is 0. The fraction of sp³-hybridized carbons (Fsp3) is 0.286. The summed E-state index contributed by atoms with van der Waals surface area (Å²) in [6, 6.07) is 11.0. The number of fused-ring (bicyclic) bond motifs is 1. The van der Waals surface area contributed by atoms with Crippen LogP contribution < -0.4 is 0 Å². The summed E-state index contributed by atoms with van der Waals surface area (Å²) in [5.41, 5.74) is 1.36. The molecule has 2 aromatic carbocycles. The van der Waals surface area contributed by atoms with Gasteiger partial charge in [0.2, 0.25) is 0 Å². The topological polar surface area (TPSA) is 0 Å². The van der Waals surface area contributed by atoms with Gasteiger partial charge >= 0.3 is 0 Å². The zero-order valence-electron chi connectivity index (χ0n) is 9.34. The molecule has 0 saturated heterocycles. The Kier molecular flexibility index (Phi) is 2.26. The second kappa shape index (κ2) is 3.34. The first-order valence-corrected chi connectivity index (χ1v) is 5.17. The first-order chi connectivity index (χ1) is 6.98. The molecule has 2 aromatic rings. The van der Waals surface area contributed by atoms with Crippen LogP contribution in [0.3, 0.4) is 0 Å². The van der Waals surface area contributed by atoms with E-state index >= 15 is 0 Å². The van der Waals surface area contributed by atoms with Gasteiger partial charge in [0.15, 0.2) is 0 Å². The van der Waals surface area contributed by atoms with Gasteiger partial charge in [-0.1, -0.05) is 45.0 Å². The molecule has 0 radical (unpaired) electrons. The van der Waals surface area contributed by atoms with Gasteiger partial charge in [0.1, 0.15) is 5.82 Å². The van der Waals surface area contributed by atoms with Gasteiger partial charge in [0, 0.05) is 0 Å². The molecule has 0 nitrogen and oxygen atoms in total. The van der Waals surface area contributed by atoms with Crippen LogP contribution in [0.15, 0.2) is 36.4 Å². The quantitative estimate of drug-likeness (QED) is 0.598. The molecular weight excluding hydrogens is 187 g/mol. The lowest BCUT2D eigenvalue weighted by atomic mass is 9.84. The monoisotopic (exact) mass is 202 g/mol. The standard InChI is InChI=1S/C14H15F/c1-14(2,3)13-6-4-5-10-9-11(15)7-8-12(10)13/h4-9H,1-3H3. The van der Waals surface area contributed by atoms with E-state index in [0.29, 0.717) is 0 Å². The highest BCUT2D eigenvalue weighted by molar-refractivity contribution is 5.86. The van der Waals surface area contributed by atoms with Crippen LogP contribution in [-0.4, -0.2) is 0 Å². The molecule has 0 unspecified atom stereocenters. The molecule has 0 N–H and O–H groups in total. The molecule has 0 aromatic heterocycles. The predicted molar refractivity (Wildman–Crippen MR) is 62.6 cm³/mol. The summed E-state index contributed by atoms with van der Waals surface area (Å²) in [6.45, 7) is 6.52. The van der Waals surface area contributed by atoms with Gasteiger partial charge in [-0.15, -0.1) is 0 Å². The molecule has 78 valence electrons. The third-order valence-corrected chi connectivity index (χ3v) is 2.65. The smallest absolute Gasteiger partial charge is 0.123 e. The van der Waals surface area contributed by atoms with Crippen LogP contribution in [0.2, 0.25) is 0 Å². The second-order valence-corrected chi connectivity index (χ2v) is 4.92. The minimum Gasteiger partial charge on any atom is -0.207 e. The van der Waals surface area contributed by atoms with Crippen molar-refractivity contribution in [3.05, 3.63) is 47.8 Å². The Morgan fingerprint density at radius 1 is 1.00 bits per heavy atom. The summed E-state index contributed by atoms with van der Waals surface area (Å²) in [6.07, 6.45) is 0. The predicted octanol–water partition coefficient (Wildman–Crippen LogP) is 4.28. The molecule has 0 bridgehead atoms. The van der Waals surface area contributed by atoms with E-state index in [0.717, 1.165) is 10.8 Å². The molecule has 0 amide bonds. The maximum absolute atomic E-state index is 13.1. The number of halogens is 1. The number of rotatable bonds is 0. The summed E-state index contributed by atoms with van der Waals surface area (Å²) < 4.78 is 13.1. The minimum absolute atomic E-state index is 0.0946. The molecule has 2 rings (SSSR count). The normalized spacial score (nSPS) is 12.0. The average Bonchev–Trinajstić information content (AvgIpc) is 2.15. The van der Waals surface area contributed by atoms with Gasteiger partial charge < -0.3 is 0 Å². The largest absolute Gasteiger partial charge is 0.207 e. The van der Waals surface area contributed by atoms with E-state index in [1.807, 2.05) is 18.2 Å². The lowest BCUT2D eigenvalue weighted by Crippen LogP contribution is -2.11. The van der Waals surface area contributed by atoms with E-state index in [1.165, 1.54) is 11.6 Å². The Morgan fingerprint density at radius 3 is 2.40 bits per heavy atom. The summed E-state index contributed by atoms with van der Waals surface area (Å²) in [5.74, 6) is -0.173. The van der Waals surface area contributed by atoms with Crippen LogP contribution in [-0.2, 0) is 5.41 Å². The highest BCUT2D eigenvalue weighted by atomic mass is 19.1. The van der Waals surface area contributed by atoms with Crippen LogP contribution in [0.25, 0.3) is 10.8 Å². The maximum Gasteiger partial charge on any atom is 0.123 e. The van der Waals surface area contributed by atoms with Crippen LogP contribution in [0.5, 0.6) is 0 Å². The van der Waals surface area contributed by atoms with E-state index in [-0.39, 0.29) is 11.2 Å². The SMILES string of the molecule is CC(C)(C)c1cccc2cc(F)ccc12. The average molecular weight is 202 g/mol. The molecule has 0 atom stereocenters. The Morgan fingerprint density at radius 2 is 1.73 bits per heavy atom. The molecule has 0 fully saturated rings. The van der Waals surface area contributed by atoms with Gasteiger partial charge in [-0.3, -0.25) is 0 Å².